The van der Waals surface area contributed by atoms with E-state index in [-0.39, 0.29) is 22.4 Å². The van der Waals surface area contributed by atoms with Crippen molar-refractivity contribution in [1.82, 2.24) is 24.6 Å². The molecule has 0 saturated carbocycles. The number of carbonyl (C=O) groups is 1. The Morgan fingerprint density at radius 3 is 2.47 bits per heavy atom. The molecule has 1 amide bonds. The minimum absolute atomic E-state index is 0.0675. The van der Waals surface area contributed by atoms with Gasteiger partial charge in [-0.2, -0.15) is 9.78 Å². The second kappa shape index (κ2) is 9.28. The van der Waals surface area contributed by atoms with Crippen LogP contribution in [-0.2, 0) is 14.6 Å². The van der Waals surface area contributed by atoms with Crippen molar-refractivity contribution >= 4 is 26.6 Å². The van der Waals surface area contributed by atoms with Crippen LogP contribution in [0, 0.1) is 5.82 Å². The van der Waals surface area contributed by atoms with Gasteiger partial charge in [0.1, 0.15) is 11.6 Å². The van der Waals surface area contributed by atoms with Crippen LogP contribution in [0.2, 0.25) is 0 Å². The van der Waals surface area contributed by atoms with E-state index in [2.05, 4.69) is 15.1 Å². The zero-order valence-corrected chi connectivity index (χ0v) is 20.3. The average molecular weight is 512 g/mol. The number of amides is 1. The molecule has 1 saturated heterocycles. The molecule has 1 aliphatic rings. The van der Waals surface area contributed by atoms with Crippen molar-refractivity contribution in [2.45, 2.75) is 5.03 Å². The molecule has 0 radical (unpaired) electrons. The number of morpholine rings is 1. The summed E-state index contributed by atoms with van der Waals surface area (Å²) in [4.78, 5) is 23.3. The number of ether oxygens (including phenoxy) is 2. The Kier molecular flexibility index (Phi) is 6.14. The molecule has 2 aromatic heterocycles. The molecule has 36 heavy (non-hydrogen) atoms. The fraction of sp³-hybridized carbons (Fsp3) is 0.250. The molecule has 186 valence electrons. The third-order valence-electron chi connectivity index (χ3n) is 5.86. The number of hydrogen-bond donors (Lipinski definition) is 0. The van der Waals surface area contributed by atoms with Gasteiger partial charge in [-0.1, -0.05) is 0 Å². The Hall–Kier alpha value is -3.90. The summed E-state index contributed by atoms with van der Waals surface area (Å²) in [7, 11) is -2.21. The van der Waals surface area contributed by atoms with Crippen LogP contribution in [-0.4, -0.2) is 78.6 Å². The van der Waals surface area contributed by atoms with E-state index < -0.39 is 15.7 Å². The van der Waals surface area contributed by atoms with Crippen LogP contribution < -0.4 is 4.74 Å². The minimum Gasteiger partial charge on any atom is -0.497 e. The average Bonchev–Trinajstić information content (AvgIpc) is 3.29. The highest BCUT2D eigenvalue weighted by molar-refractivity contribution is 7.90. The number of benzene rings is 2. The lowest BCUT2D eigenvalue weighted by Crippen LogP contribution is -2.40. The second-order valence-corrected chi connectivity index (χ2v) is 10.2. The first kappa shape index (κ1) is 23.8. The van der Waals surface area contributed by atoms with Crippen LogP contribution in [0.5, 0.6) is 5.75 Å². The fourth-order valence-corrected chi connectivity index (χ4v) is 4.82. The number of aromatic nitrogens is 4. The lowest BCUT2D eigenvalue weighted by Gasteiger charge is -2.26. The van der Waals surface area contributed by atoms with Crippen molar-refractivity contribution in [1.29, 1.82) is 0 Å². The summed E-state index contributed by atoms with van der Waals surface area (Å²) in [6, 6.07) is 9.04. The molecular formula is C24H22FN5O5S. The standard InChI is InChI=1S/C24H22FN5O5S/c1-34-17-4-6-20(25)19(12-17)16-13-26-24(27-14-16)30-21-11-15(23(31)29-7-9-35-10-8-29)3-5-18(21)22(28-30)36(2,32)33/h3-6,11-14H,7-10H2,1-2H3. The topological polar surface area (TPSA) is 117 Å². The zero-order chi connectivity index (χ0) is 25.4. The van der Waals surface area contributed by atoms with Gasteiger partial charge in [0.25, 0.3) is 11.9 Å². The SMILES string of the molecule is COc1ccc(F)c(-c2cnc(-n3nc(S(C)(=O)=O)c4ccc(C(=O)N5CCOCC5)cc43)nc2)c1. The number of halogens is 1. The van der Waals surface area contributed by atoms with E-state index in [1.54, 1.807) is 23.1 Å². The van der Waals surface area contributed by atoms with E-state index in [0.717, 1.165) is 6.26 Å². The van der Waals surface area contributed by atoms with Gasteiger partial charge in [-0.15, -0.1) is 0 Å². The molecule has 1 aliphatic heterocycles. The molecule has 10 nitrogen and oxygen atoms in total. The summed E-state index contributed by atoms with van der Waals surface area (Å²) in [5.74, 6) is -0.123. The van der Waals surface area contributed by atoms with Crippen molar-refractivity contribution in [3.63, 3.8) is 0 Å². The lowest BCUT2D eigenvalue weighted by atomic mass is 10.1. The summed E-state index contributed by atoms with van der Waals surface area (Å²) in [5, 5.41) is 4.43. The highest BCUT2D eigenvalue weighted by atomic mass is 32.2. The first-order valence-electron chi connectivity index (χ1n) is 11.0. The van der Waals surface area contributed by atoms with Gasteiger partial charge < -0.3 is 14.4 Å². The number of hydrogen-bond acceptors (Lipinski definition) is 8. The van der Waals surface area contributed by atoms with E-state index >= 15 is 0 Å². The van der Waals surface area contributed by atoms with E-state index in [1.165, 1.54) is 42.4 Å². The molecule has 0 atom stereocenters. The monoisotopic (exact) mass is 511 g/mol. The molecule has 4 aromatic rings. The second-order valence-electron chi connectivity index (χ2n) is 8.24. The molecule has 2 aromatic carbocycles. The lowest BCUT2D eigenvalue weighted by molar-refractivity contribution is 0.0303. The Morgan fingerprint density at radius 2 is 1.81 bits per heavy atom. The molecule has 12 heteroatoms. The third-order valence-corrected chi connectivity index (χ3v) is 6.86. The predicted molar refractivity (Wildman–Crippen MR) is 128 cm³/mol. The van der Waals surface area contributed by atoms with Crippen LogP contribution in [0.4, 0.5) is 4.39 Å². The first-order valence-corrected chi connectivity index (χ1v) is 12.9. The predicted octanol–water partition coefficient (Wildman–Crippen LogP) is 2.51. The molecule has 5 rings (SSSR count). The molecule has 0 spiro atoms. The van der Waals surface area contributed by atoms with E-state index in [0.29, 0.717) is 54.1 Å². The van der Waals surface area contributed by atoms with Gasteiger partial charge in [-0.05, 0) is 36.4 Å². The highest BCUT2D eigenvalue weighted by Gasteiger charge is 2.24. The quantitative estimate of drug-likeness (QED) is 0.401. The van der Waals surface area contributed by atoms with Gasteiger partial charge in [0.05, 0.1) is 25.8 Å². The van der Waals surface area contributed by atoms with Crippen LogP contribution >= 0.6 is 0 Å². The Morgan fingerprint density at radius 1 is 1.08 bits per heavy atom. The summed E-state index contributed by atoms with van der Waals surface area (Å²) < 4.78 is 51.0. The number of rotatable bonds is 5. The molecule has 0 unspecified atom stereocenters. The van der Waals surface area contributed by atoms with Crippen molar-refractivity contribution in [2.75, 3.05) is 39.7 Å². The van der Waals surface area contributed by atoms with Crippen molar-refractivity contribution < 1.29 is 27.1 Å². The number of sulfone groups is 1. The van der Waals surface area contributed by atoms with Gasteiger partial charge in [0.2, 0.25) is 0 Å². The van der Waals surface area contributed by atoms with Gasteiger partial charge in [0, 0.05) is 53.8 Å². The number of nitrogens with zero attached hydrogens (tertiary/aromatic N) is 5. The fourth-order valence-electron chi connectivity index (χ4n) is 4.02. The van der Waals surface area contributed by atoms with Crippen LogP contribution in [0.1, 0.15) is 10.4 Å². The number of fused-ring (bicyclic) bond motifs is 1. The summed E-state index contributed by atoms with van der Waals surface area (Å²) in [6.45, 7) is 1.85. The number of methoxy groups -OCH3 is 1. The highest BCUT2D eigenvalue weighted by Crippen LogP contribution is 2.28. The number of carbonyl (C=O) groups excluding carboxylic acids is 1. The summed E-state index contributed by atoms with van der Waals surface area (Å²) in [5.41, 5.74) is 1.38. The molecule has 3 heterocycles. The molecule has 0 aliphatic carbocycles. The largest absolute Gasteiger partial charge is 0.497 e. The van der Waals surface area contributed by atoms with E-state index in [9.17, 15) is 17.6 Å². The van der Waals surface area contributed by atoms with E-state index in [4.69, 9.17) is 9.47 Å². The van der Waals surface area contributed by atoms with Gasteiger partial charge in [0.15, 0.2) is 14.9 Å². The maximum atomic E-state index is 14.4. The maximum absolute atomic E-state index is 14.4. The molecular weight excluding hydrogens is 489 g/mol. The zero-order valence-electron chi connectivity index (χ0n) is 19.5. The van der Waals surface area contributed by atoms with Gasteiger partial charge >= 0.3 is 0 Å². The first-order chi connectivity index (χ1) is 17.3. The summed E-state index contributed by atoms with van der Waals surface area (Å²) in [6.07, 6.45) is 3.88. The normalized spacial score (nSPS) is 14.2. The Balaban J connectivity index is 1.59. The van der Waals surface area contributed by atoms with E-state index in [1.807, 2.05) is 0 Å². The van der Waals surface area contributed by atoms with Crippen LogP contribution in [0.15, 0.2) is 53.8 Å². The molecule has 1 fully saturated rings. The van der Waals surface area contributed by atoms with Crippen LogP contribution in [0.25, 0.3) is 28.0 Å². The smallest absolute Gasteiger partial charge is 0.254 e. The summed E-state index contributed by atoms with van der Waals surface area (Å²) >= 11 is 0. The Labute approximate surface area is 206 Å². The maximum Gasteiger partial charge on any atom is 0.254 e. The molecule has 0 N–H and O–H groups in total. The van der Waals surface area contributed by atoms with Crippen molar-refractivity contribution in [3.8, 4) is 22.8 Å². The third kappa shape index (κ3) is 4.40. The minimum atomic E-state index is -3.70. The van der Waals surface area contributed by atoms with Crippen molar-refractivity contribution in [2.24, 2.45) is 0 Å². The van der Waals surface area contributed by atoms with Crippen LogP contribution in [0.3, 0.4) is 0 Å². The van der Waals surface area contributed by atoms with Gasteiger partial charge in [-0.3, -0.25) is 4.79 Å². The van der Waals surface area contributed by atoms with Crippen molar-refractivity contribution in [3.05, 3.63) is 60.2 Å². The molecule has 0 bridgehead atoms. The van der Waals surface area contributed by atoms with Gasteiger partial charge in [-0.25, -0.2) is 22.8 Å². The Bertz CT molecular complexity index is 1560.